The minimum atomic E-state index is 0.581. The van der Waals surface area contributed by atoms with Crippen LogP contribution in [0, 0.1) is 0 Å². The van der Waals surface area contributed by atoms with Crippen molar-refractivity contribution < 1.29 is 0 Å². The van der Waals surface area contributed by atoms with Gasteiger partial charge in [-0.05, 0) is 40.0 Å². The zero-order valence-electron chi connectivity index (χ0n) is 6.98. The minimum absolute atomic E-state index is 0.581. The highest BCUT2D eigenvalue weighted by Gasteiger charge is 2.01. The highest BCUT2D eigenvalue weighted by atomic mass is 14.9. The molecule has 0 radical (unpaired) electrons. The Hall–Kier alpha value is -0.120. The summed E-state index contributed by atoms with van der Waals surface area (Å²) in [6.07, 6.45) is 2.22. The Bertz CT molecular complexity index is 65.9. The third-order valence-electron chi connectivity index (χ3n) is 1.67. The molecular formula is C7H19N3. The van der Waals surface area contributed by atoms with E-state index in [1.165, 1.54) is 0 Å². The Balaban J connectivity index is 3.21. The van der Waals surface area contributed by atoms with Crippen LogP contribution in [0.3, 0.4) is 0 Å². The van der Waals surface area contributed by atoms with Gasteiger partial charge in [0.2, 0.25) is 0 Å². The van der Waals surface area contributed by atoms with Crippen molar-refractivity contribution in [2.24, 2.45) is 5.73 Å². The molecule has 0 saturated carbocycles. The molecule has 62 valence electrons. The van der Waals surface area contributed by atoms with Gasteiger partial charge in [-0.3, -0.25) is 0 Å². The fraction of sp³-hybridized carbons (Fsp3) is 1.00. The number of rotatable bonds is 6. The van der Waals surface area contributed by atoms with Crippen molar-refractivity contribution in [3.8, 4) is 0 Å². The van der Waals surface area contributed by atoms with Gasteiger partial charge in [0.25, 0.3) is 0 Å². The predicted molar refractivity (Wildman–Crippen MR) is 45.1 cm³/mol. The summed E-state index contributed by atoms with van der Waals surface area (Å²) in [6.45, 7) is 1.83. The van der Waals surface area contributed by atoms with E-state index in [4.69, 9.17) is 5.73 Å². The summed E-state index contributed by atoms with van der Waals surface area (Å²) in [5, 5.41) is 6.33. The summed E-state index contributed by atoms with van der Waals surface area (Å²) in [4.78, 5) is 0. The molecule has 0 fully saturated rings. The van der Waals surface area contributed by atoms with Gasteiger partial charge in [0.05, 0.1) is 0 Å². The van der Waals surface area contributed by atoms with Gasteiger partial charge in [0.1, 0.15) is 0 Å². The van der Waals surface area contributed by atoms with E-state index < -0.39 is 0 Å². The number of hydrogen-bond acceptors (Lipinski definition) is 3. The van der Waals surface area contributed by atoms with Gasteiger partial charge in [-0.15, -0.1) is 0 Å². The van der Waals surface area contributed by atoms with Gasteiger partial charge < -0.3 is 16.4 Å². The maximum Gasteiger partial charge on any atom is 0.00881 e. The molecule has 0 heterocycles. The first-order chi connectivity index (χ1) is 4.85. The van der Waals surface area contributed by atoms with E-state index in [1.54, 1.807) is 0 Å². The molecule has 0 aliphatic heterocycles. The van der Waals surface area contributed by atoms with E-state index >= 15 is 0 Å². The Labute approximate surface area is 63.4 Å². The Kier molecular flexibility index (Phi) is 6.91. The van der Waals surface area contributed by atoms with Crippen molar-refractivity contribution in [1.29, 1.82) is 0 Å². The van der Waals surface area contributed by atoms with E-state index in [2.05, 4.69) is 10.6 Å². The normalized spacial score (nSPS) is 13.5. The van der Waals surface area contributed by atoms with E-state index in [-0.39, 0.29) is 0 Å². The highest BCUT2D eigenvalue weighted by Crippen LogP contribution is 1.93. The maximum atomic E-state index is 5.42. The zero-order valence-corrected chi connectivity index (χ0v) is 6.98. The molecule has 3 nitrogen and oxygen atoms in total. The minimum Gasteiger partial charge on any atom is -0.330 e. The molecule has 1 atom stereocenters. The lowest BCUT2D eigenvalue weighted by molar-refractivity contribution is 0.485. The summed E-state index contributed by atoms with van der Waals surface area (Å²) in [7, 11) is 3.95. The maximum absolute atomic E-state index is 5.42. The summed E-state index contributed by atoms with van der Waals surface area (Å²) < 4.78 is 0. The SMILES string of the molecule is CNCCC(CCN)NC. The van der Waals surface area contributed by atoms with Gasteiger partial charge >= 0.3 is 0 Å². The van der Waals surface area contributed by atoms with Crippen LogP contribution in [0.15, 0.2) is 0 Å². The molecule has 0 saturated heterocycles. The van der Waals surface area contributed by atoms with Crippen LogP contribution in [0.5, 0.6) is 0 Å². The molecule has 10 heavy (non-hydrogen) atoms. The van der Waals surface area contributed by atoms with Gasteiger partial charge in [0.15, 0.2) is 0 Å². The van der Waals surface area contributed by atoms with Crippen molar-refractivity contribution in [1.82, 2.24) is 10.6 Å². The smallest absolute Gasteiger partial charge is 0.00881 e. The topological polar surface area (TPSA) is 50.1 Å². The summed E-state index contributed by atoms with van der Waals surface area (Å²) >= 11 is 0. The van der Waals surface area contributed by atoms with Crippen LogP contribution in [0.1, 0.15) is 12.8 Å². The van der Waals surface area contributed by atoms with Gasteiger partial charge in [-0.25, -0.2) is 0 Å². The first-order valence-electron chi connectivity index (χ1n) is 3.87. The van der Waals surface area contributed by atoms with E-state index in [0.717, 1.165) is 25.9 Å². The third kappa shape index (κ3) is 4.73. The van der Waals surface area contributed by atoms with Gasteiger partial charge in [0, 0.05) is 6.04 Å². The molecule has 0 aromatic rings. The fourth-order valence-corrected chi connectivity index (χ4v) is 0.953. The number of nitrogens with one attached hydrogen (secondary N) is 2. The molecule has 0 aliphatic carbocycles. The van der Waals surface area contributed by atoms with Crippen LogP contribution in [0.4, 0.5) is 0 Å². The average Bonchev–Trinajstić information content (AvgIpc) is 1.98. The Morgan fingerprint density at radius 2 is 2.00 bits per heavy atom. The van der Waals surface area contributed by atoms with Crippen LogP contribution in [-0.2, 0) is 0 Å². The van der Waals surface area contributed by atoms with Crippen LogP contribution in [0.25, 0.3) is 0 Å². The van der Waals surface area contributed by atoms with Crippen molar-refractivity contribution >= 4 is 0 Å². The van der Waals surface area contributed by atoms with Crippen molar-refractivity contribution in [3.05, 3.63) is 0 Å². The molecule has 3 heteroatoms. The first-order valence-corrected chi connectivity index (χ1v) is 3.87. The lowest BCUT2D eigenvalue weighted by Crippen LogP contribution is -2.30. The molecule has 0 rings (SSSR count). The predicted octanol–water partition coefficient (Wildman–Crippen LogP) is -0.467. The summed E-state index contributed by atoms with van der Waals surface area (Å²) in [5.74, 6) is 0. The quantitative estimate of drug-likeness (QED) is 0.474. The molecule has 0 spiro atoms. The fourth-order valence-electron chi connectivity index (χ4n) is 0.953. The molecule has 0 aromatic heterocycles. The third-order valence-corrected chi connectivity index (χ3v) is 1.67. The lowest BCUT2D eigenvalue weighted by atomic mass is 10.1. The molecule has 0 aromatic carbocycles. The second kappa shape index (κ2) is 6.99. The molecule has 0 bridgehead atoms. The molecule has 1 unspecified atom stereocenters. The summed E-state index contributed by atoms with van der Waals surface area (Å²) in [5.41, 5.74) is 5.42. The number of hydrogen-bond donors (Lipinski definition) is 3. The second-order valence-electron chi connectivity index (χ2n) is 2.46. The Morgan fingerprint density at radius 1 is 1.30 bits per heavy atom. The van der Waals surface area contributed by atoms with Crippen molar-refractivity contribution in [2.45, 2.75) is 18.9 Å². The average molecular weight is 145 g/mol. The van der Waals surface area contributed by atoms with E-state index in [9.17, 15) is 0 Å². The summed E-state index contributed by atoms with van der Waals surface area (Å²) in [6, 6.07) is 0.581. The van der Waals surface area contributed by atoms with Crippen molar-refractivity contribution in [2.75, 3.05) is 27.2 Å². The van der Waals surface area contributed by atoms with Crippen LogP contribution >= 0.6 is 0 Å². The first kappa shape index (κ1) is 9.88. The van der Waals surface area contributed by atoms with Crippen LogP contribution < -0.4 is 16.4 Å². The standard InChI is InChI=1S/C7H19N3/c1-9-6-4-7(10-2)3-5-8/h7,9-10H,3-6,8H2,1-2H3. The van der Waals surface area contributed by atoms with Gasteiger partial charge in [-0.2, -0.15) is 0 Å². The largest absolute Gasteiger partial charge is 0.330 e. The van der Waals surface area contributed by atoms with E-state index in [0.29, 0.717) is 6.04 Å². The molecule has 4 N–H and O–H groups in total. The highest BCUT2D eigenvalue weighted by molar-refractivity contribution is 4.65. The molecule has 0 aliphatic rings. The second-order valence-corrected chi connectivity index (χ2v) is 2.46. The molecular weight excluding hydrogens is 126 g/mol. The van der Waals surface area contributed by atoms with Crippen LogP contribution in [-0.4, -0.2) is 33.2 Å². The van der Waals surface area contributed by atoms with Gasteiger partial charge in [-0.1, -0.05) is 0 Å². The monoisotopic (exact) mass is 145 g/mol. The number of nitrogens with two attached hydrogens (primary N) is 1. The lowest BCUT2D eigenvalue weighted by Gasteiger charge is -2.13. The van der Waals surface area contributed by atoms with Crippen molar-refractivity contribution in [3.63, 3.8) is 0 Å². The van der Waals surface area contributed by atoms with Crippen LogP contribution in [0.2, 0.25) is 0 Å². The molecule has 0 amide bonds. The Morgan fingerprint density at radius 3 is 2.40 bits per heavy atom. The van der Waals surface area contributed by atoms with E-state index in [1.807, 2.05) is 14.1 Å². The zero-order chi connectivity index (χ0) is 7.82.